The normalized spacial score (nSPS) is 17.8. The summed E-state index contributed by atoms with van der Waals surface area (Å²) in [6.45, 7) is 1.24. The van der Waals surface area contributed by atoms with Gasteiger partial charge in [0.2, 0.25) is 5.88 Å². The molecule has 0 spiro atoms. The highest BCUT2D eigenvalue weighted by molar-refractivity contribution is 6.30. The van der Waals surface area contributed by atoms with Crippen LogP contribution in [0.2, 0.25) is 5.02 Å². The first-order valence-corrected chi connectivity index (χ1v) is 7.08. The zero-order valence-corrected chi connectivity index (χ0v) is 12.0. The molecule has 1 unspecified atom stereocenters. The molecule has 1 aliphatic rings. The van der Waals surface area contributed by atoms with Gasteiger partial charge in [0.15, 0.2) is 0 Å². The van der Waals surface area contributed by atoms with E-state index in [0.29, 0.717) is 29.6 Å². The highest BCUT2D eigenvalue weighted by atomic mass is 35.5. The van der Waals surface area contributed by atoms with Gasteiger partial charge in [-0.1, -0.05) is 11.6 Å². The first-order chi connectivity index (χ1) is 10.2. The molecule has 0 N–H and O–H groups in total. The van der Waals surface area contributed by atoms with E-state index in [1.165, 1.54) is 6.33 Å². The smallest absolute Gasteiger partial charge is 0.253 e. The highest BCUT2D eigenvalue weighted by Crippen LogP contribution is 2.19. The number of aromatic nitrogens is 2. The third-order valence-electron chi connectivity index (χ3n) is 3.37. The van der Waals surface area contributed by atoms with E-state index in [4.69, 9.17) is 16.3 Å². The van der Waals surface area contributed by atoms with Gasteiger partial charge in [0.05, 0.1) is 6.54 Å². The molecule has 1 saturated heterocycles. The summed E-state index contributed by atoms with van der Waals surface area (Å²) in [5, 5.41) is 0.623. The number of halogens is 1. The minimum atomic E-state index is -0.0313. The highest BCUT2D eigenvalue weighted by Gasteiger charge is 2.28. The fraction of sp³-hybridized carbons (Fsp3) is 0.267. The van der Waals surface area contributed by atoms with Gasteiger partial charge in [-0.2, -0.15) is 0 Å². The molecule has 3 rings (SSSR count). The molecular weight excluding hydrogens is 290 g/mol. The number of rotatable bonds is 3. The molecule has 6 heteroatoms. The first kappa shape index (κ1) is 13.8. The van der Waals surface area contributed by atoms with Gasteiger partial charge in [0.1, 0.15) is 12.4 Å². The van der Waals surface area contributed by atoms with Crippen molar-refractivity contribution in [2.24, 2.45) is 0 Å². The molecule has 0 aliphatic carbocycles. The van der Waals surface area contributed by atoms with Gasteiger partial charge in [-0.25, -0.2) is 9.97 Å². The van der Waals surface area contributed by atoms with E-state index in [-0.39, 0.29) is 12.0 Å². The van der Waals surface area contributed by atoms with Crippen molar-refractivity contribution in [1.29, 1.82) is 0 Å². The monoisotopic (exact) mass is 303 g/mol. The van der Waals surface area contributed by atoms with Crippen molar-refractivity contribution in [3.63, 3.8) is 0 Å². The Hall–Kier alpha value is -2.14. The Bertz CT molecular complexity index is 619. The van der Waals surface area contributed by atoms with Crippen molar-refractivity contribution in [3.05, 3.63) is 53.4 Å². The van der Waals surface area contributed by atoms with Gasteiger partial charge in [0.25, 0.3) is 5.91 Å². The lowest BCUT2D eigenvalue weighted by atomic mass is 10.2. The SMILES string of the molecule is O=C(c1ccc(Cl)cc1)N1CCC(Oc2ccncn2)C1. The van der Waals surface area contributed by atoms with E-state index in [0.717, 1.165) is 6.42 Å². The maximum absolute atomic E-state index is 12.4. The molecule has 108 valence electrons. The average molecular weight is 304 g/mol. The predicted octanol–water partition coefficient (Wildman–Crippen LogP) is 2.42. The van der Waals surface area contributed by atoms with Crippen molar-refractivity contribution in [3.8, 4) is 5.88 Å². The fourth-order valence-corrected chi connectivity index (χ4v) is 2.43. The molecule has 2 aromatic rings. The van der Waals surface area contributed by atoms with Crippen molar-refractivity contribution in [2.75, 3.05) is 13.1 Å². The van der Waals surface area contributed by atoms with Gasteiger partial charge in [-0.3, -0.25) is 4.79 Å². The van der Waals surface area contributed by atoms with Crippen LogP contribution in [0.3, 0.4) is 0 Å². The van der Waals surface area contributed by atoms with E-state index < -0.39 is 0 Å². The fourth-order valence-electron chi connectivity index (χ4n) is 2.30. The van der Waals surface area contributed by atoms with Crippen LogP contribution in [0.4, 0.5) is 0 Å². The van der Waals surface area contributed by atoms with E-state index in [1.54, 1.807) is 41.4 Å². The van der Waals surface area contributed by atoms with Crippen LogP contribution in [0.1, 0.15) is 16.8 Å². The van der Waals surface area contributed by atoms with E-state index in [1.807, 2.05) is 0 Å². The van der Waals surface area contributed by atoms with Gasteiger partial charge in [-0.05, 0) is 24.3 Å². The van der Waals surface area contributed by atoms with E-state index in [9.17, 15) is 4.79 Å². The number of hydrogen-bond donors (Lipinski definition) is 0. The van der Waals surface area contributed by atoms with Gasteiger partial charge in [-0.15, -0.1) is 0 Å². The van der Waals surface area contributed by atoms with Crippen LogP contribution in [0.25, 0.3) is 0 Å². The minimum absolute atomic E-state index is 0.000421. The number of benzene rings is 1. The summed E-state index contributed by atoms with van der Waals surface area (Å²) in [6.07, 6.45) is 3.84. The number of ether oxygens (including phenoxy) is 1. The Morgan fingerprint density at radius 3 is 2.81 bits per heavy atom. The van der Waals surface area contributed by atoms with Crippen LogP contribution in [-0.2, 0) is 0 Å². The zero-order chi connectivity index (χ0) is 14.7. The number of amides is 1. The number of carbonyl (C=O) groups is 1. The molecule has 1 aromatic heterocycles. The molecule has 1 atom stereocenters. The Morgan fingerprint density at radius 1 is 1.29 bits per heavy atom. The Morgan fingerprint density at radius 2 is 2.10 bits per heavy atom. The van der Waals surface area contributed by atoms with Crippen LogP contribution in [-0.4, -0.2) is 40.0 Å². The zero-order valence-electron chi connectivity index (χ0n) is 11.3. The predicted molar refractivity (Wildman–Crippen MR) is 78.4 cm³/mol. The second-order valence-electron chi connectivity index (χ2n) is 4.83. The third-order valence-corrected chi connectivity index (χ3v) is 3.62. The van der Waals surface area contributed by atoms with Crippen LogP contribution in [0.15, 0.2) is 42.9 Å². The molecular formula is C15H14ClN3O2. The summed E-state index contributed by atoms with van der Waals surface area (Å²) in [5.74, 6) is 0.538. The van der Waals surface area contributed by atoms with Crippen LogP contribution >= 0.6 is 11.6 Å². The Balaban J connectivity index is 1.61. The second-order valence-corrected chi connectivity index (χ2v) is 5.27. The largest absolute Gasteiger partial charge is 0.472 e. The number of carbonyl (C=O) groups excluding carboxylic acids is 1. The van der Waals surface area contributed by atoms with E-state index >= 15 is 0 Å². The number of nitrogens with zero attached hydrogens (tertiary/aromatic N) is 3. The van der Waals surface area contributed by atoms with Gasteiger partial charge < -0.3 is 9.64 Å². The third kappa shape index (κ3) is 3.31. The lowest BCUT2D eigenvalue weighted by Crippen LogP contribution is -2.31. The molecule has 21 heavy (non-hydrogen) atoms. The minimum Gasteiger partial charge on any atom is -0.472 e. The summed E-state index contributed by atoms with van der Waals surface area (Å²) in [7, 11) is 0. The van der Waals surface area contributed by atoms with Crippen molar-refractivity contribution < 1.29 is 9.53 Å². The van der Waals surface area contributed by atoms with Gasteiger partial charge in [0, 0.05) is 35.8 Å². The quantitative estimate of drug-likeness (QED) is 0.874. The molecule has 1 aromatic carbocycles. The summed E-state index contributed by atoms with van der Waals surface area (Å²) in [6, 6.07) is 8.63. The molecule has 1 amide bonds. The maximum Gasteiger partial charge on any atom is 0.253 e. The molecule has 1 fully saturated rings. The van der Waals surface area contributed by atoms with Gasteiger partial charge >= 0.3 is 0 Å². The number of hydrogen-bond acceptors (Lipinski definition) is 4. The second kappa shape index (κ2) is 6.10. The summed E-state index contributed by atoms with van der Waals surface area (Å²) in [4.78, 5) is 22.0. The lowest BCUT2D eigenvalue weighted by molar-refractivity contribution is 0.0771. The standard InChI is InChI=1S/C15H14ClN3O2/c16-12-3-1-11(2-4-12)15(20)19-8-6-13(9-19)21-14-5-7-17-10-18-14/h1-5,7,10,13H,6,8-9H2. The van der Waals surface area contributed by atoms with Crippen molar-refractivity contribution in [2.45, 2.75) is 12.5 Å². The summed E-state index contributed by atoms with van der Waals surface area (Å²) >= 11 is 5.83. The molecule has 0 saturated carbocycles. The topological polar surface area (TPSA) is 55.3 Å². The maximum atomic E-state index is 12.4. The Kier molecular flexibility index (Phi) is 4.01. The van der Waals surface area contributed by atoms with Crippen LogP contribution in [0, 0.1) is 0 Å². The first-order valence-electron chi connectivity index (χ1n) is 6.70. The van der Waals surface area contributed by atoms with Crippen LogP contribution in [0.5, 0.6) is 5.88 Å². The molecule has 5 nitrogen and oxygen atoms in total. The van der Waals surface area contributed by atoms with Crippen molar-refractivity contribution in [1.82, 2.24) is 14.9 Å². The summed E-state index contributed by atoms with van der Waals surface area (Å²) in [5.41, 5.74) is 0.641. The Labute approximate surface area is 127 Å². The van der Waals surface area contributed by atoms with Crippen molar-refractivity contribution >= 4 is 17.5 Å². The number of likely N-dealkylation sites (tertiary alicyclic amines) is 1. The molecule has 1 aliphatic heterocycles. The van der Waals surface area contributed by atoms with Crippen LogP contribution < -0.4 is 4.74 Å². The average Bonchev–Trinajstić information content (AvgIpc) is 2.97. The molecule has 0 bridgehead atoms. The summed E-state index contributed by atoms with van der Waals surface area (Å²) < 4.78 is 5.74. The molecule has 2 heterocycles. The molecule has 0 radical (unpaired) electrons. The van der Waals surface area contributed by atoms with E-state index in [2.05, 4.69) is 9.97 Å². The lowest BCUT2D eigenvalue weighted by Gasteiger charge is -2.17.